The van der Waals surface area contributed by atoms with E-state index in [2.05, 4.69) is 0 Å². The Morgan fingerprint density at radius 2 is 1.48 bits per heavy atom. The highest BCUT2D eigenvalue weighted by atomic mass is 32.2. The van der Waals surface area contributed by atoms with E-state index in [0.29, 0.717) is 16.0 Å². The highest BCUT2D eigenvalue weighted by Gasteiger charge is 2.21. The van der Waals surface area contributed by atoms with Crippen LogP contribution in [0.1, 0.15) is 43.0 Å². The van der Waals surface area contributed by atoms with Gasteiger partial charge < -0.3 is 5.11 Å². The molecule has 0 atom stereocenters. The van der Waals surface area contributed by atoms with E-state index >= 15 is 0 Å². The van der Waals surface area contributed by atoms with E-state index in [9.17, 15) is 14.7 Å². The van der Waals surface area contributed by atoms with Crippen LogP contribution < -0.4 is 0 Å². The van der Waals surface area contributed by atoms with E-state index in [1.165, 1.54) is 11.8 Å². The van der Waals surface area contributed by atoms with Crippen molar-refractivity contribution >= 4 is 23.5 Å². The van der Waals surface area contributed by atoms with Crippen LogP contribution in [0.3, 0.4) is 0 Å². The summed E-state index contributed by atoms with van der Waals surface area (Å²) < 4.78 is 0. The van der Waals surface area contributed by atoms with Gasteiger partial charge in [0.2, 0.25) is 0 Å². The van der Waals surface area contributed by atoms with Gasteiger partial charge in [-0.1, -0.05) is 30.3 Å². The lowest BCUT2D eigenvalue weighted by Crippen LogP contribution is -2.10. The van der Waals surface area contributed by atoms with Crippen LogP contribution in [0.25, 0.3) is 0 Å². The van der Waals surface area contributed by atoms with E-state index in [1.807, 2.05) is 45.9 Å². The summed E-state index contributed by atoms with van der Waals surface area (Å²) in [4.78, 5) is 24.7. The molecule has 1 N–H and O–H groups in total. The quantitative estimate of drug-likeness (QED) is 0.644. The molecule has 0 spiro atoms. The maximum atomic E-state index is 12.3. The number of thioether (sulfide) groups is 1. The van der Waals surface area contributed by atoms with Crippen molar-refractivity contribution in [1.29, 1.82) is 0 Å². The molecule has 2 aromatic rings. The third-order valence-electron chi connectivity index (χ3n) is 4.29. The molecule has 2 rings (SSSR count). The third-order valence-corrected chi connectivity index (χ3v) is 5.49. The van der Waals surface area contributed by atoms with Gasteiger partial charge in [0.25, 0.3) is 0 Å². The van der Waals surface area contributed by atoms with Gasteiger partial charge in [0, 0.05) is 10.5 Å². The molecule has 0 fully saturated rings. The molecule has 4 heteroatoms. The lowest BCUT2D eigenvalue weighted by molar-refractivity contribution is 0.0691. The van der Waals surface area contributed by atoms with E-state index < -0.39 is 5.97 Å². The topological polar surface area (TPSA) is 54.4 Å². The summed E-state index contributed by atoms with van der Waals surface area (Å²) in [6, 6.07) is 9.07. The number of benzene rings is 2. The van der Waals surface area contributed by atoms with Crippen molar-refractivity contribution < 1.29 is 14.7 Å². The fourth-order valence-electron chi connectivity index (χ4n) is 2.56. The number of rotatable bonds is 5. The molecule has 120 valence electrons. The number of aromatic carboxylic acids is 1. The normalized spacial score (nSPS) is 10.6. The largest absolute Gasteiger partial charge is 0.478 e. The Bertz CT molecular complexity index is 764. The second-order valence-corrected chi connectivity index (χ2v) is 6.57. The van der Waals surface area contributed by atoms with Gasteiger partial charge >= 0.3 is 5.97 Å². The Balaban J connectivity index is 2.36. The fraction of sp³-hybridized carbons (Fsp3) is 0.263. The SMILES string of the molecule is Cc1c(C)c(C)c(C(=O)O)c(SCC(=O)c2ccccc2)c1C. The van der Waals surface area contributed by atoms with Gasteiger partial charge in [-0.3, -0.25) is 4.79 Å². The molecule has 0 radical (unpaired) electrons. The Morgan fingerprint density at radius 3 is 2.04 bits per heavy atom. The minimum absolute atomic E-state index is 0.00206. The van der Waals surface area contributed by atoms with Gasteiger partial charge in [-0.05, 0) is 49.9 Å². The Morgan fingerprint density at radius 1 is 0.913 bits per heavy atom. The van der Waals surface area contributed by atoms with E-state index in [0.717, 1.165) is 22.3 Å². The molecule has 23 heavy (non-hydrogen) atoms. The van der Waals surface area contributed by atoms with Crippen molar-refractivity contribution in [2.75, 3.05) is 5.75 Å². The summed E-state index contributed by atoms with van der Waals surface area (Å²) in [5.41, 5.74) is 4.76. The van der Waals surface area contributed by atoms with E-state index in [-0.39, 0.29) is 11.5 Å². The summed E-state index contributed by atoms with van der Waals surface area (Å²) in [6.07, 6.45) is 0. The first-order valence-electron chi connectivity index (χ1n) is 7.39. The molecule has 0 amide bonds. The number of hydrogen-bond acceptors (Lipinski definition) is 3. The first-order chi connectivity index (χ1) is 10.8. The summed E-state index contributed by atoms with van der Waals surface area (Å²) >= 11 is 1.31. The highest BCUT2D eigenvalue weighted by molar-refractivity contribution is 8.00. The maximum absolute atomic E-state index is 12.3. The van der Waals surface area contributed by atoms with Crippen LogP contribution in [0.2, 0.25) is 0 Å². The zero-order chi connectivity index (χ0) is 17.1. The van der Waals surface area contributed by atoms with E-state index in [1.54, 1.807) is 12.1 Å². The van der Waals surface area contributed by atoms with Gasteiger partial charge in [0.1, 0.15) is 0 Å². The number of carbonyl (C=O) groups is 2. The maximum Gasteiger partial charge on any atom is 0.337 e. The second kappa shape index (κ2) is 7.01. The lowest BCUT2D eigenvalue weighted by atomic mass is 9.94. The average molecular weight is 328 g/mol. The van der Waals surface area contributed by atoms with Gasteiger partial charge in [-0.25, -0.2) is 4.79 Å². The van der Waals surface area contributed by atoms with Crippen LogP contribution in [0.15, 0.2) is 35.2 Å². The molecule has 0 aliphatic carbocycles. The predicted octanol–water partition coefficient (Wildman–Crippen LogP) is 4.59. The molecule has 0 aliphatic rings. The van der Waals surface area contributed by atoms with E-state index in [4.69, 9.17) is 0 Å². The molecule has 0 unspecified atom stereocenters. The molecule has 0 bridgehead atoms. The molecule has 0 aliphatic heterocycles. The standard InChI is InChI=1S/C19H20O3S/c1-11-12(2)14(4)18(17(13(11)3)19(21)22)23-10-16(20)15-8-6-5-7-9-15/h5-9H,10H2,1-4H3,(H,21,22). The van der Waals surface area contributed by atoms with Gasteiger partial charge in [0.15, 0.2) is 5.78 Å². The molecule has 3 nitrogen and oxygen atoms in total. The Kier molecular flexibility index (Phi) is 5.26. The van der Waals surface area contributed by atoms with Crippen molar-refractivity contribution in [3.63, 3.8) is 0 Å². The zero-order valence-electron chi connectivity index (χ0n) is 13.8. The molecule has 0 heterocycles. The fourth-order valence-corrected chi connectivity index (χ4v) is 3.76. The summed E-state index contributed by atoms with van der Waals surface area (Å²) in [5.74, 6) is -0.710. The van der Waals surface area contributed by atoms with Crippen LogP contribution in [-0.2, 0) is 0 Å². The lowest BCUT2D eigenvalue weighted by Gasteiger charge is -2.18. The zero-order valence-corrected chi connectivity index (χ0v) is 14.6. The predicted molar refractivity (Wildman–Crippen MR) is 93.8 cm³/mol. The van der Waals surface area contributed by atoms with Crippen molar-refractivity contribution in [1.82, 2.24) is 0 Å². The molecule has 2 aromatic carbocycles. The highest BCUT2D eigenvalue weighted by Crippen LogP contribution is 2.34. The number of carboxylic acid groups (broad SMARTS) is 1. The molecule has 0 aromatic heterocycles. The summed E-state index contributed by atoms with van der Waals surface area (Å²) in [7, 11) is 0. The van der Waals surface area contributed by atoms with Crippen LogP contribution in [-0.4, -0.2) is 22.6 Å². The third kappa shape index (κ3) is 3.48. The first kappa shape index (κ1) is 17.3. The summed E-state index contributed by atoms with van der Waals surface area (Å²) in [6.45, 7) is 7.68. The van der Waals surface area contributed by atoms with Crippen molar-refractivity contribution in [3.05, 3.63) is 63.7 Å². The van der Waals surface area contributed by atoms with Crippen molar-refractivity contribution in [2.24, 2.45) is 0 Å². The Hall–Kier alpha value is -2.07. The molecular weight excluding hydrogens is 308 g/mol. The molecule has 0 saturated carbocycles. The first-order valence-corrected chi connectivity index (χ1v) is 8.37. The van der Waals surface area contributed by atoms with Crippen LogP contribution in [0.4, 0.5) is 0 Å². The number of Topliss-reactive ketones (excluding diaryl/α,β-unsaturated/α-hetero) is 1. The number of hydrogen-bond donors (Lipinski definition) is 1. The van der Waals surface area contributed by atoms with Crippen molar-refractivity contribution in [3.8, 4) is 0 Å². The van der Waals surface area contributed by atoms with Crippen LogP contribution >= 0.6 is 11.8 Å². The molecular formula is C19H20O3S. The van der Waals surface area contributed by atoms with Gasteiger partial charge in [0.05, 0.1) is 11.3 Å². The van der Waals surface area contributed by atoms with Crippen molar-refractivity contribution in [2.45, 2.75) is 32.6 Å². The Labute approximate surface area is 140 Å². The number of ketones is 1. The van der Waals surface area contributed by atoms with Gasteiger partial charge in [-0.15, -0.1) is 11.8 Å². The smallest absolute Gasteiger partial charge is 0.337 e. The minimum atomic E-state index is -0.941. The average Bonchev–Trinajstić information content (AvgIpc) is 2.55. The van der Waals surface area contributed by atoms with Crippen LogP contribution in [0, 0.1) is 27.7 Å². The number of carbonyl (C=O) groups excluding carboxylic acids is 1. The monoisotopic (exact) mass is 328 g/mol. The minimum Gasteiger partial charge on any atom is -0.478 e. The summed E-state index contributed by atoms with van der Waals surface area (Å²) in [5, 5.41) is 9.57. The second-order valence-electron chi connectivity index (χ2n) is 5.59. The number of carboxylic acids is 1. The van der Waals surface area contributed by atoms with Gasteiger partial charge in [-0.2, -0.15) is 0 Å². The van der Waals surface area contributed by atoms with Crippen LogP contribution in [0.5, 0.6) is 0 Å². The molecule has 0 saturated heterocycles.